The second-order valence-electron chi connectivity index (χ2n) is 2.67. The van der Waals surface area contributed by atoms with Gasteiger partial charge < -0.3 is 15.5 Å². The molecule has 0 saturated heterocycles. The molecule has 1 rings (SSSR count). The Labute approximate surface area is 93.0 Å². The van der Waals surface area contributed by atoms with Gasteiger partial charge in [-0.05, 0) is 6.26 Å². The second kappa shape index (κ2) is 6.31. The third-order valence-electron chi connectivity index (χ3n) is 1.74. The lowest BCUT2D eigenvalue weighted by atomic mass is 10.4. The van der Waals surface area contributed by atoms with E-state index in [9.17, 15) is 0 Å². The average molecular weight is 229 g/mol. The van der Waals surface area contributed by atoms with Gasteiger partial charge in [0.05, 0.1) is 7.11 Å². The third kappa shape index (κ3) is 3.14. The highest BCUT2D eigenvalue weighted by Gasteiger charge is 2.09. The minimum atomic E-state index is 0.471. The third-order valence-corrected chi connectivity index (χ3v) is 2.36. The maximum Gasteiger partial charge on any atom is 0.205 e. The van der Waals surface area contributed by atoms with Crippen LogP contribution in [0.3, 0.4) is 0 Å². The summed E-state index contributed by atoms with van der Waals surface area (Å²) < 4.78 is 5.16. The average Bonchev–Trinajstić information content (AvgIpc) is 2.29. The van der Waals surface area contributed by atoms with Crippen molar-refractivity contribution >= 4 is 23.4 Å². The van der Waals surface area contributed by atoms with Gasteiger partial charge in [-0.15, -0.1) is 0 Å². The van der Waals surface area contributed by atoms with Crippen LogP contribution in [0.25, 0.3) is 0 Å². The van der Waals surface area contributed by atoms with Crippen molar-refractivity contribution in [2.45, 2.75) is 0 Å². The molecule has 0 bridgehead atoms. The fourth-order valence-corrected chi connectivity index (χ4v) is 1.37. The number of hydrogen-bond donors (Lipinski definition) is 3. The van der Waals surface area contributed by atoms with Gasteiger partial charge in [-0.2, -0.15) is 11.8 Å². The number of nitrogen functional groups attached to an aromatic ring is 1. The van der Waals surface area contributed by atoms with Crippen molar-refractivity contribution in [1.29, 1.82) is 0 Å². The van der Waals surface area contributed by atoms with Crippen LogP contribution in [0.15, 0.2) is 6.33 Å². The Hall–Kier alpha value is -1.21. The van der Waals surface area contributed by atoms with Gasteiger partial charge in [0.25, 0.3) is 0 Å². The van der Waals surface area contributed by atoms with Crippen LogP contribution in [0, 0.1) is 0 Å². The smallest absolute Gasteiger partial charge is 0.205 e. The first-order chi connectivity index (χ1) is 7.33. The summed E-state index contributed by atoms with van der Waals surface area (Å²) in [5.41, 5.74) is 2.46. The van der Waals surface area contributed by atoms with Crippen LogP contribution in [0.4, 0.5) is 11.6 Å². The molecule has 1 aromatic heterocycles. The molecule has 0 spiro atoms. The standard InChI is InChI=1S/C8H15N5OS/c1-14-6-7(10-3-4-15-2)11-5-12-8(6)13-9/h5H,3-4,9H2,1-2H3,(H2,10,11,12,13). The number of hydrazine groups is 1. The van der Waals surface area contributed by atoms with Gasteiger partial charge in [0.2, 0.25) is 5.75 Å². The van der Waals surface area contributed by atoms with Crippen LogP contribution in [0.1, 0.15) is 0 Å². The van der Waals surface area contributed by atoms with Gasteiger partial charge in [-0.25, -0.2) is 15.8 Å². The summed E-state index contributed by atoms with van der Waals surface area (Å²) in [5.74, 6) is 7.94. The first-order valence-corrected chi connectivity index (χ1v) is 5.81. The van der Waals surface area contributed by atoms with E-state index in [-0.39, 0.29) is 0 Å². The SMILES string of the molecule is COc1c(NN)ncnc1NCCSC. The molecule has 0 radical (unpaired) electrons. The molecule has 84 valence electrons. The zero-order valence-electron chi connectivity index (χ0n) is 8.78. The highest BCUT2D eigenvalue weighted by Crippen LogP contribution is 2.27. The number of methoxy groups -OCH3 is 1. The van der Waals surface area contributed by atoms with Crippen molar-refractivity contribution in [1.82, 2.24) is 9.97 Å². The van der Waals surface area contributed by atoms with Crippen molar-refractivity contribution in [3.05, 3.63) is 6.33 Å². The molecule has 0 aliphatic rings. The molecule has 0 fully saturated rings. The maximum atomic E-state index is 5.30. The van der Waals surface area contributed by atoms with Gasteiger partial charge >= 0.3 is 0 Å². The van der Waals surface area contributed by atoms with Crippen LogP contribution in [-0.4, -0.2) is 35.6 Å². The Morgan fingerprint density at radius 2 is 2.20 bits per heavy atom. The minimum absolute atomic E-state index is 0.471. The van der Waals surface area contributed by atoms with E-state index >= 15 is 0 Å². The molecule has 0 aliphatic carbocycles. The number of nitrogens with zero attached hydrogens (tertiary/aromatic N) is 2. The van der Waals surface area contributed by atoms with Gasteiger partial charge in [-0.1, -0.05) is 0 Å². The van der Waals surface area contributed by atoms with Crippen molar-refractivity contribution < 1.29 is 4.74 Å². The molecular formula is C8H15N5OS. The summed E-state index contributed by atoms with van der Waals surface area (Å²) in [7, 11) is 1.55. The Bertz CT molecular complexity index is 309. The van der Waals surface area contributed by atoms with Gasteiger partial charge in [0, 0.05) is 12.3 Å². The quantitative estimate of drug-likeness (QED) is 0.373. The molecule has 1 aromatic rings. The summed E-state index contributed by atoms with van der Waals surface area (Å²) in [6.07, 6.45) is 3.48. The van der Waals surface area contributed by atoms with E-state index in [1.165, 1.54) is 6.33 Å². The Balaban J connectivity index is 2.76. The molecular weight excluding hydrogens is 214 g/mol. The molecule has 0 aliphatic heterocycles. The van der Waals surface area contributed by atoms with Gasteiger partial charge in [0.1, 0.15) is 6.33 Å². The molecule has 4 N–H and O–H groups in total. The number of thioether (sulfide) groups is 1. The van der Waals surface area contributed by atoms with Crippen molar-refractivity contribution in [3.8, 4) is 5.75 Å². The molecule has 0 unspecified atom stereocenters. The molecule has 7 heteroatoms. The van der Waals surface area contributed by atoms with E-state index in [4.69, 9.17) is 10.6 Å². The molecule has 0 aromatic carbocycles. The monoisotopic (exact) mass is 229 g/mol. The van der Waals surface area contributed by atoms with E-state index in [0.717, 1.165) is 12.3 Å². The van der Waals surface area contributed by atoms with Crippen LogP contribution >= 0.6 is 11.8 Å². The Kier molecular flexibility index (Phi) is 4.99. The lowest BCUT2D eigenvalue weighted by molar-refractivity contribution is 0.415. The molecule has 0 amide bonds. The molecule has 6 nitrogen and oxygen atoms in total. The molecule has 0 atom stereocenters. The first-order valence-electron chi connectivity index (χ1n) is 4.42. The summed E-state index contributed by atoms with van der Waals surface area (Å²) in [4.78, 5) is 8.02. The molecule has 0 saturated carbocycles. The minimum Gasteiger partial charge on any atom is -0.490 e. The number of aromatic nitrogens is 2. The van der Waals surface area contributed by atoms with Crippen molar-refractivity contribution in [3.63, 3.8) is 0 Å². The lowest BCUT2D eigenvalue weighted by Crippen LogP contribution is -2.13. The van der Waals surface area contributed by atoms with Crippen molar-refractivity contribution in [2.75, 3.05) is 36.4 Å². The van der Waals surface area contributed by atoms with Crippen LogP contribution in [0.2, 0.25) is 0 Å². The van der Waals surface area contributed by atoms with Crippen LogP contribution in [-0.2, 0) is 0 Å². The normalized spacial score (nSPS) is 9.80. The summed E-state index contributed by atoms with van der Waals surface area (Å²) in [5, 5.41) is 3.15. The predicted molar refractivity (Wildman–Crippen MR) is 63.3 cm³/mol. The van der Waals surface area contributed by atoms with Gasteiger partial charge in [-0.3, -0.25) is 0 Å². The van der Waals surface area contributed by atoms with Crippen LogP contribution in [0.5, 0.6) is 5.75 Å². The molecule has 15 heavy (non-hydrogen) atoms. The molecule has 1 heterocycles. The highest BCUT2D eigenvalue weighted by molar-refractivity contribution is 7.98. The van der Waals surface area contributed by atoms with E-state index in [1.54, 1.807) is 18.9 Å². The summed E-state index contributed by atoms with van der Waals surface area (Å²) in [6, 6.07) is 0. The van der Waals surface area contributed by atoms with E-state index in [1.807, 2.05) is 6.26 Å². The fraction of sp³-hybridized carbons (Fsp3) is 0.500. The largest absolute Gasteiger partial charge is 0.490 e. The Morgan fingerprint density at radius 3 is 2.80 bits per heavy atom. The first kappa shape index (κ1) is 11.9. The zero-order valence-corrected chi connectivity index (χ0v) is 9.60. The lowest BCUT2D eigenvalue weighted by Gasteiger charge is -2.11. The van der Waals surface area contributed by atoms with E-state index < -0.39 is 0 Å². The Morgan fingerprint density at radius 1 is 1.47 bits per heavy atom. The topological polar surface area (TPSA) is 85.1 Å². The number of nitrogens with two attached hydrogens (primary N) is 1. The maximum absolute atomic E-state index is 5.30. The van der Waals surface area contributed by atoms with Crippen molar-refractivity contribution in [2.24, 2.45) is 5.84 Å². The second-order valence-corrected chi connectivity index (χ2v) is 3.65. The number of hydrogen-bond acceptors (Lipinski definition) is 7. The highest BCUT2D eigenvalue weighted by atomic mass is 32.2. The fourth-order valence-electron chi connectivity index (χ4n) is 1.07. The number of rotatable bonds is 6. The predicted octanol–water partition coefficient (Wildman–Crippen LogP) is 0.546. The number of anilines is 2. The van der Waals surface area contributed by atoms with E-state index in [2.05, 4.69) is 20.7 Å². The van der Waals surface area contributed by atoms with Crippen LogP contribution < -0.4 is 21.3 Å². The number of nitrogens with one attached hydrogen (secondary N) is 2. The number of ether oxygens (including phenoxy) is 1. The van der Waals surface area contributed by atoms with E-state index in [0.29, 0.717) is 17.4 Å². The van der Waals surface area contributed by atoms with Gasteiger partial charge in [0.15, 0.2) is 11.6 Å². The zero-order chi connectivity index (χ0) is 11.1. The summed E-state index contributed by atoms with van der Waals surface area (Å²) in [6.45, 7) is 0.818. The summed E-state index contributed by atoms with van der Waals surface area (Å²) >= 11 is 1.76.